The van der Waals surface area contributed by atoms with Gasteiger partial charge in [-0.3, -0.25) is 0 Å². The van der Waals surface area contributed by atoms with Crippen molar-refractivity contribution >= 4 is 0 Å². The second-order valence-electron chi connectivity index (χ2n) is 4.50. The van der Waals surface area contributed by atoms with E-state index in [0.717, 1.165) is 36.9 Å². The van der Waals surface area contributed by atoms with Gasteiger partial charge in [-0.15, -0.1) is 11.8 Å². The van der Waals surface area contributed by atoms with E-state index in [4.69, 9.17) is 0 Å². The van der Waals surface area contributed by atoms with E-state index in [1.54, 1.807) is 6.07 Å². The molecule has 0 aliphatic carbocycles. The Morgan fingerprint density at radius 1 is 1.39 bits per heavy atom. The predicted molar refractivity (Wildman–Crippen MR) is 74.9 cm³/mol. The molecule has 0 bridgehead atoms. The van der Waals surface area contributed by atoms with E-state index in [-0.39, 0.29) is 11.9 Å². The number of hydrogen-bond acceptors (Lipinski definition) is 1. The van der Waals surface area contributed by atoms with E-state index in [9.17, 15) is 4.39 Å². The maximum atomic E-state index is 14.0. The molecular weight excluding hydrogens is 225 g/mol. The topological polar surface area (TPSA) is 12.0 Å². The van der Waals surface area contributed by atoms with Crippen LogP contribution < -0.4 is 5.32 Å². The molecular formula is C16H22FN. The lowest BCUT2D eigenvalue weighted by molar-refractivity contribution is 0.478. The fourth-order valence-electron chi connectivity index (χ4n) is 1.94. The molecule has 18 heavy (non-hydrogen) atoms. The lowest BCUT2D eigenvalue weighted by Crippen LogP contribution is -2.23. The van der Waals surface area contributed by atoms with E-state index in [2.05, 4.69) is 24.1 Å². The first-order valence-electron chi connectivity index (χ1n) is 6.58. The van der Waals surface area contributed by atoms with Gasteiger partial charge in [0.05, 0.1) is 0 Å². The number of nitrogens with one attached hydrogen (secondary N) is 1. The van der Waals surface area contributed by atoms with Crippen molar-refractivity contribution in [2.24, 2.45) is 0 Å². The van der Waals surface area contributed by atoms with Crippen molar-refractivity contribution in [1.29, 1.82) is 0 Å². The number of hydrogen-bond donors (Lipinski definition) is 1. The van der Waals surface area contributed by atoms with Crippen LogP contribution in [0.4, 0.5) is 4.39 Å². The van der Waals surface area contributed by atoms with E-state index in [0.29, 0.717) is 0 Å². The third kappa shape index (κ3) is 4.50. The van der Waals surface area contributed by atoms with Gasteiger partial charge in [0.1, 0.15) is 5.82 Å². The molecule has 0 aromatic heterocycles. The highest BCUT2D eigenvalue weighted by Gasteiger charge is 2.14. The Labute approximate surface area is 110 Å². The van der Waals surface area contributed by atoms with Crippen molar-refractivity contribution in [2.45, 2.75) is 46.1 Å². The number of halogens is 1. The molecule has 0 fully saturated rings. The first kappa shape index (κ1) is 14.7. The SMILES string of the molecule is CC#CCCC(NCCC)c1ccc(C)cc1F. The summed E-state index contributed by atoms with van der Waals surface area (Å²) in [5.41, 5.74) is 1.71. The normalized spacial score (nSPS) is 11.8. The van der Waals surface area contributed by atoms with Crippen molar-refractivity contribution in [3.8, 4) is 11.8 Å². The first-order valence-corrected chi connectivity index (χ1v) is 6.58. The molecule has 1 aromatic carbocycles. The first-order chi connectivity index (χ1) is 8.69. The third-order valence-electron chi connectivity index (χ3n) is 2.91. The molecule has 0 amide bonds. The second kappa shape index (κ2) is 7.89. The molecule has 0 aliphatic heterocycles. The van der Waals surface area contributed by atoms with Gasteiger partial charge >= 0.3 is 0 Å². The average molecular weight is 247 g/mol. The Balaban J connectivity index is 2.81. The summed E-state index contributed by atoms with van der Waals surface area (Å²) in [5, 5.41) is 3.40. The second-order valence-corrected chi connectivity index (χ2v) is 4.50. The van der Waals surface area contributed by atoms with Crippen LogP contribution in [-0.2, 0) is 0 Å². The highest BCUT2D eigenvalue weighted by atomic mass is 19.1. The van der Waals surface area contributed by atoms with Crippen LogP contribution in [0, 0.1) is 24.6 Å². The molecule has 1 unspecified atom stereocenters. The van der Waals surface area contributed by atoms with Crippen molar-refractivity contribution in [1.82, 2.24) is 5.32 Å². The van der Waals surface area contributed by atoms with E-state index in [1.165, 1.54) is 0 Å². The minimum absolute atomic E-state index is 0.0615. The molecule has 0 heterocycles. The molecule has 1 nitrogen and oxygen atoms in total. The van der Waals surface area contributed by atoms with E-state index >= 15 is 0 Å². The van der Waals surface area contributed by atoms with Gasteiger partial charge < -0.3 is 5.32 Å². The summed E-state index contributed by atoms with van der Waals surface area (Å²) in [6, 6.07) is 5.51. The Morgan fingerprint density at radius 3 is 2.78 bits per heavy atom. The predicted octanol–water partition coefficient (Wildman–Crippen LogP) is 3.98. The van der Waals surface area contributed by atoms with Crippen LogP contribution in [-0.4, -0.2) is 6.54 Å². The smallest absolute Gasteiger partial charge is 0.128 e. The minimum Gasteiger partial charge on any atom is -0.310 e. The molecule has 0 radical (unpaired) electrons. The highest BCUT2D eigenvalue weighted by molar-refractivity contribution is 5.26. The lowest BCUT2D eigenvalue weighted by Gasteiger charge is -2.19. The number of benzene rings is 1. The average Bonchev–Trinajstić information content (AvgIpc) is 2.34. The van der Waals surface area contributed by atoms with Crippen LogP contribution in [0.25, 0.3) is 0 Å². The molecule has 0 saturated carbocycles. The van der Waals surface area contributed by atoms with Gasteiger partial charge in [0, 0.05) is 18.0 Å². The standard InChI is InChI=1S/C16H22FN/c1-4-6-7-8-16(18-11-5-2)14-10-9-13(3)12-15(14)17/h9-10,12,16,18H,5,7-8,11H2,1-3H3. The molecule has 98 valence electrons. The molecule has 1 N–H and O–H groups in total. The quantitative estimate of drug-likeness (QED) is 0.750. The van der Waals surface area contributed by atoms with Gasteiger partial charge in [-0.25, -0.2) is 4.39 Å². The van der Waals surface area contributed by atoms with E-state index in [1.807, 2.05) is 26.0 Å². The van der Waals surface area contributed by atoms with Gasteiger partial charge in [0.2, 0.25) is 0 Å². The summed E-state index contributed by atoms with van der Waals surface area (Å²) >= 11 is 0. The van der Waals surface area contributed by atoms with Crippen molar-refractivity contribution < 1.29 is 4.39 Å². The van der Waals surface area contributed by atoms with Crippen LogP contribution in [0.15, 0.2) is 18.2 Å². The van der Waals surface area contributed by atoms with Crippen LogP contribution in [0.2, 0.25) is 0 Å². The molecule has 2 heteroatoms. The summed E-state index contributed by atoms with van der Waals surface area (Å²) in [7, 11) is 0. The fraction of sp³-hybridized carbons (Fsp3) is 0.500. The zero-order valence-electron chi connectivity index (χ0n) is 11.5. The summed E-state index contributed by atoms with van der Waals surface area (Å²) in [5.74, 6) is 5.81. The van der Waals surface area contributed by atoms with Crippen molar-refractivity contribution in [2.75, 3.05) is 6.54 Å². The van der Waals surface area contributed by atoms with Crippen LogP contribution >= 0.6 is 0 Å². The Kier molecular flexibility index (Phi) is 6.46. The Hall–Kier alpha value is -1.33. The van der Waals surface area contributed by atoms with Gasteiger partial charge in [-0.05, 0) is 44.9 Å². The Morgan fingerprint density at radius 2 is 2.17 bits per heavy atom. The van der Waals surface area contributed by atoms with Gasteiger partial charge in [0.25, 0.3) is 0 Å². The number of rotatable bonds is 6. The van der Waals surface area contributed by atoms with Crippen LogP contribution in [0.3, 0.4) is 0 Å². The maximum Gasteiger partial charge on any atom is 0.128 e. The molecule has 0 aliphatic rings. The van der Waals surface area contributed by atoms with Gasteiger partial charge in [0.15, 0.2) is 0 Å². The van der Waals surface area contributed by atoms with Gasteiger partial charge in [-0.2, -0.15) is 0 Å². The minimum atomic E-state index is -0.118. The number of aryl methyl sites for hydroxylation is 1. The van der Waals surface area contributed by atoms with Crippen LogP contribution in [0.1, 0.15) is 50.3 Å². The lowest BCUT2D eigenvalue weighted by atomic mass is 10.00. The highest BCUT2D eigenvalue weighted by Crippen LogP contribution is 2.22. The monoisotopic (exact) mass is 247 g/mol. The largest absolute Gasteiger partial charge is 0.310 e. The summed E-state index contributed by atoms with van der Waals surface area (Å²) in [6.07, 6.45) is 2.69. The third-order valence-corrected chi connectivity index (χ3v) is 2.91. The van der Waals surface area contributed by atoms with Gasteiger partial charge in [-0.1, -0.05) is 19.1 Å². The van der Waals surface area contributed by atoms with Crippen molar-refractivity contribution in [3.05, 3.63) is 35.1 Å². The van der Waals surface area contributed by atoms with Crippen molar-refractivity contribution in [3.63, 3.8) is 0 Å². The molecule has 0 saturated heterocycles. The summed E-state index contributed by atoms with van der Waals surface area (Å²) < 4.78 is 14.0. The summed E-state index contributed by atoms with van der Waals surface area (Å²) in [6.45, 7) is 6.75. The van der Waals surface area contributed by atoms with Crippen LogP contribution in [0.5, 0.6) is 0 Å². The molecule has 0 spiro atoms. The zero-order chi connectivity index (χ0) is 13.4. The maximum absolute atomic E-state index is 14.0. The molecule has 1 aromatic rings. The molecule has 1 atom stereocenters. The van der Waals surface area contributed by atoms with E-state index < -0.39 is 0 Å². The fourth-order valence-corrected chi connectivity index (χ4v) is 1.94. The Bertz CT molecular complexity index is 428. The zero-order valence-corrected chi connectivity index (χ0v) is 11.5. The molecule has 1 rings (SSSR count). The summed E-state index contributed by atoms with van der Waals surface area (Å²) in [4.78, 5) is 0.